The van der Waals surface area contributed by atoms with Crippen molar-refractivity contribution in [3.63, 3.8) is 0 Å². The fraction of sp³-hybridized carbons (Fsp3) is 0.0769. The molecule has 0 aliphatic carbocycles. The molecule has 8 aromatic carbocycles. The zero-order valence-electron chi connectivity index (χ0n) is 31.5. The summed E-state index contributed by atoms with van der Waals surface area (Å²) in [5.41, 5.74) is 10.5. The zero-order chi connectivity index (χ0) is 37.5. The smallest absolute Gasteiger partial charge is 0.126 e. The molecule has 0 aliphatic rings. The maximum atomic E-state index is 4.62. The Morgan fingerprint density at radius 2 is 0.759 bits per heavy atom. The maximum absolute atomic E-state index is 4.62. The molecule has 0 N–H and O–H groups in total. The molecule has 2 heteroatoms. The fourth-order valence-electron chi connectivity index (χ4n) is 6.17. The molecule has 264 valence electrons. The van der Waals surface area contributed by atoms with Crippen molar-refractivity contribution in [1.82, 2.24) is 9.97 Å². The first-order valence-corrected chi connectivity index (χ1v) is 18.4. The van der Waals surface area contributed by atoms with Crippen LogP contribution in [0.1, 0.15) is 22.5 Å². The molecule has 0 saturated heterocycles. The Kier molecular flexibility index (Phi) is 12.9. The average Bonchev–Trinajstić information content (AvgIpc) is 3.22. The van der Waals surface area contributed by atoms with Crippen LogP contribution in [0.3, 0.4) is 0 Å². The molecule has 0 radical (unpaired) electrons. The first-order valence-electron chi connectivity index (χ1n) is 18.4. The van der Waals surface area contributed by atoms with Gasteiger partial charge >= 0.3 is 0 Å². The van der Waals surface area contributed by atoms with Gasteiger partial charge in [0.15, 0.2) is 0 Å². The molecule has 1 heterocycles. The predicted octanol–water partition coefficient (Wildman–Crippen LogP) is 14.1. The van der Waals surface area contributed by atoms with Crippen molar-refractivity contribution >= 4 is 21.5 Å². The summed E-state index contributed by atoms with van der Waals surface area (Å²) in [5, 5.41) is 5.33. The van der Waals surface area contributed by atoms with Crippen LogP contribution in [0.4, 0.5) is 0 Å². The predicted molar refractivity (Wildman–Crippen MR) is 232 cm³/mol. The zero-order valence-corrected chi connectivity index (χ0v) is 31.5. The highest BCUT2D eigenvalue weighted by Gasteiger charge is 2.07. The van der Waals surface area contributed by atoms with Crippen molar-refractivity contribution in [2.45, 2.75) is 27.7 Å². The Balaban J connectivity index is 0.000000141. The van der Waals surface area contributed by atoms with Gasteiger partial charge in [-0.2, -0.15) is 0 Å². The van der Waals surface area contributed by atoms with Crippen molar-refractivity contribution in [2.24, 2.45) is 0 Å². The second kappa shape index (κ2) is 18.7. The van der Waals surface area contributed by atoms with E-state index in [1.54, 1.807) is 0 Å². The summed E-state index contributed by atoms with van der Waals surface area (Å²) < 4.78 is 0. The van der Waals surface area contributed by atoms with Gasteiger partial charge in [0.25, 0.3) is 0 Å². The number of nitrogens with zero attached hydrogens (tertiary/aromatic N) is 2. The monoisotopic (exact) mass is 698 g/mol. The Morgan fingerprint density at radius 1 is 0.296 bits per heavy atom. The van der Waals surface area contributed by atoms with Gasteiger partial charge in [0.2, 0.25) is 0 Å². The van der Waals surface area contributed by atoms with Crippen molar-refractivity contribution < 1.29 is 0 Å². The normalized spacial score (nSPS) is 10.2. The molecule has 0 atom stereocenters. The largest absolute Gasteiger partial charge is 0.233 e. The molecule has 0 unspecified atom stereocenters. The van der Waals surface area contributed by atoms with Crippen molar-refractivity contribution in [3.8, 4) is 33.6 Å². The number of aromatic nitrogens is 2. The summed E-state index contributed by atoms with van der Waals surface area (Å²) >= 11 is 0. The highest BCUT2D eigenvalue weighted by molar-refractivity contribution is 5.85. The van der Waals surface area contributed by atoms with E-state index < -0.39 is 0 Å². The summed E-state index contributed by atoms with van der Waals surface area (Å²) in [5.74, 6) is 0.781. The fourth-order valence-corrected chi connectivity index (χ4v) is 6.17. The molecule has 54 heavy (non-hydrogen) atoms. The van der Waals surface area contributed by atoms with E-state index in [-0.39, 0.29) is 0 Å². The highest BCUT2D eigenvalue weighted by Crippen LogP contribution is 2.27. The third-order valence-corrected chi connectivity index (χ3v) is 9.05. The van der Waals surface area contributed by atoms with E-state index in [9.17, 15) is 0 Å². The van der Waals surface area contributed by atoms with Crippen LogP contribution in [0.25, 0.3) is 55.2 Å². The van der Waals surface area contributed by atoms with Crippen LogP contribution >= 0.6 is 0 Å². The summed E-state index contributed by atoms with van der Waals surface area (Å²) in [6.07, 6.45) is 0. The Bertz CT molecular complexity index is 2500. The van der Waals surface area contributed by atoms with Crippen LogP contribution in [0.15, 0.2) is 206 Å². The molecular formula is C52H46N2. The van der Waals surface area contributed by atoms with Gasteiger partial charge in [0, 0.05) is 11.1 Å². The van der Waals surface area contributed by atoms with Crippen molar-refractivity contribution in [2.75, 3.05) is 0 Å². The summed E-state index contributed by atoms with van der Waals surface area (Å²) in [4.78, 5) is 9.20. The minimum absolute atomic E-state index is 0.781. The first-order chi connectivity index (χ1) is 26.4. The Morgan fingerprint density at radius 3 is 1.35 bits per heavy atom. The van der Waals surface area contributed by atoms with Gasteiger partial charge in [0.05, 0.1) is 11.4 Å². The minimum Gasteiger partial charge on any atom is -0.233 e. The summed E-state index contributed by atoms with van der Waals surface area (Å²) in [6, 6.07) is 71.2. The molecule has 0 fully saturated rings. The first kappa shape index (κ1) is 37.1. The van der Waals surface area contributed by atoms with Crippen LogP contribution in [0.2, 0.25) is 0 Å². The van der Waals surface area contributed by atoms with Gasteiger partial charge in [-0.1, -0.05) is 211 Å². The van der Waals surface area contributed by atoms with Crippen LogP contribution in [0, 0.1) is 27.7 Å². The lowest BCUT2D eigenvalue weighted by Crippen LogP contribution is -1.94. The molecule has 0 spiro atoms. The van der Waals surface area contributed by atoms with Crippen LogP contribution < -0.4 is 0 Å². The lowest BCUT2D eigenvalue weighted by molar-refractivity contribution is 1.06. The van der Waals surface area contributed by atoms with E-state index in [0.717, 1.165) is 28.3 Å². The number of aryl methyl sites for hydroxylation is 4. The van der Waals surface area contributed by atoms with Gasteiger partial charge in [-0.05, 0) is 72.0 Å². The molecule has 0 bridgehead atoms. The van der Waals surface area contributed by atoms with Crippen molar-refractivity contribution in [1.29, 1.82) is 0 Å². The third kappa shape index (κ3) is 10.5. The third-order valence-electron chi connectivity index (χ3n) is 9.05. The number of fused-ring (bicyclic) bond motifs is 2. The Hall–Kier alpha value is -6.64. The number of hydrogen-bond donors (Lipinski definition) is 0. The van der Waals surface area contributed by atoms with E-state index in [2.05, 4.69) is 195 Å². The lowest BCUT2D eigenvalue weighted by atomic mass is 10.0. The summed E-state index contributed by atoms with van der Waals surface area (Å²) in [6.45, 7) is 8.28. The molecular weight excluding hydrogens is 653 g/mol. The van der Waals surface area contributed by atoms with Gasteiger partial charge in [-0.3, -0.25) is 0 Å². The van der Waals surface area contributed by atoms with Gasteiger partial charge in [-0.25, -0.2) is 9.97 Å². The van der Waals surface area contributed by atoms with Crippen LogP contribution in [-0.4, -0.2) is 9.97 Å². The molecule has 1 aromatic heterocycles. The van der Waals surface area contributed by atoms with E-state index in [4.69, 9.17) is 0 Å². The number of benzene rings is 8. The van der Waals surface area contributed by atoms with Gasteiger partial charge in [-0.15, -0.1) is 0 Å². The quantitative estimate of drug-likeness (QED) is 0.184. The SMILES string of the molecule is Cc1ccc2ccccc2c1.Cc1cccc2ccccc12.Cc1ccccc1.Cc1nc(-c2ccccc2)cc(-c2ccc(-c3ccccc3)cc2)n1. The van der Waals surface area contributed by atoms with E-state index in [0.29, 0.717) is 0 Å². The Labute approximate surface area is 320 Å². The highest BCUT2D eigenvalue weighted by atomic mass is 14.9. The lowest BCUT2D eigenvalue weighted by Gasteiger charge is -2.08. The summed E-state index contributed by atoms with van der Waals surface area (Å²) in [7, 11) is 0. The van der Waals surface area contributed by atoms with E-state index in [1.807, 2.05) is 49.4 Å². The second-order valence-electron chi connectivity index (χ2n) is 13.3. The van der Waals surface area contributed by atoms with Crippen molar-refractivity contribution in [3.05, 3.63) is 229 Å². The minimum atomic E-state index is 0.781. The van der Waals surface area contributed by atoms with E-state index in [1.165, 1.54) is 49.4 Å². The molecule has 2 nitrogen and oxygen atoms in total. The maximum Gasteiger partial charge on any atom is 0.126 e. The molecule has 9 aromatic rings. The molecule has 0 aliphatic heterocycles. The van der Waals surface area contributed by atoms with Gasteiger partial charge < -0.3 is 0 Å². The average molecular weight is 699 g/mol. The molecule has 0 amide bonds. The second-order valence-corrected chi connectivity index (χ2v) is 13.3. The molecule has 9 rings (SSSR count). The van der Waals surface area contributed by atoms with Gasteiger partial charge in [0.1, 0.15) is 5.82 Å². The number of rotatable bonds is 3. The van der Waals surface area contributed by atoms with Crippen LogP contribution in [0.5, 0.6) is 0 Å². The van der Waals surface area contributed by atoms with E-state index >= 15 is 0 Å². The van der Waals surface area contributed by atoms with Crippen LogP contribution in [-0.2, 0) is 0 Å². The number of hydrogen-bond acceptors (Lipinski definition) is 2. The molecule has 0 saturated carbocycles. The topological polar surface area (TPSA) is 25.8 Å². The standard InChI is InChI=1S/C23H18N2.2C11H10.C7H8/c1-17-24-22(20-10-6-3-7-11-20)16-23(25-17)21-14-12-19(13-15-21)18-8-4-2-5-9-18;1-9-5-4-7-10-6-2-3-8-11(9)10;1-9-6-7-10-4-2-3-5-11(10)8-9;1-7-5-3-2-4-6-7/h2-16H,1H3;2*2-8H,1H3;2-6H,1H3.